The lowest BCUT2D eigenvalue weighted by atomic mass is 10.2. The first-order chi connectivity index (χ1) is 16.4. The van der Waals surface area contributed by atoms with Crippen LogP contribution in [-0.4, -0.2) is 37.9 Å². The topological polar surface area (TPSA) is 134 Å². The van der Waals surface area contributed by atoms with Gasteiger partial charge in [0.2, 0.25) is 5.88 Å². The number of nitro benzene ring substituents is 1. The summed E-state index contributed by atoms with van der Waals surface area (Å²) in [5.74, 6) is 0.935. The molecule has 11 nitrogen and oxygen atoms in total. The number of aryl methyl sites for hydroxylation is 1. The van der Waals surface area contributed by atoms with Crippen LogP contribution in [0.25, 0.3) is 5.69 Å². The first-order valence-electron chi connectivity index (χ1n) is 10.1. The molecule has 0 saturated carbocycles. The number of non-ortho nitro benzene ring substituents is 1. The molecule has 172 valence electrons. The molecule has 34 heavy (non-hydrogen) atoms. The average Bonchev–Trinajstić information content (AvgIpc) is 3.22. The minimum Gasteiger partial charge on any atom is -0.493 e. The standard InChI is InChI=1S/C23H20N6O5/c1-14-7-9-19(20(11-14)33-3)34-21-10-8-16(13-24-21)25-23(30)22-15(2)28(27-26-22)17-5-4-6-18(12-17)29(31)32/h4-13H,1-3H3,(H,25,30). The highest BCUT2D eigenvalue weighted by molar-refractivity contribution is 6.03. The largest absolute Gasteiger partial charge is 0.493 e. The number of benzene rings is 2. The quantitative estimate of drug-likeness (QED) is 0.320. The van der Waals surface area contributed by atoms with Crippen molar-refractivity contribution in [1.29, 1.82) is 0 Å². The van der Waals surface area contributed by atoms with Crippen LogP contribution < -0.4 is 14.8 Å². The van der Waals surface area contributed by atoms with Gasteiger partial charge in [0.25, 0.3) is 11.6 Å². The van der Waals surface area contributed by atoms with Crippen LogP contribution in [0.1, 0.15) is 21.7 Å². The second-order valence-corrected chi connectivity index (χ2v) is 7.31. The number of rotatable bonds is 7. The number of ether oxygens (including phenoxy) is 2. The molecule has 4 aromatic rings. The van der Waals surface area contributed by atoms with Crippen LogP contribution in [0.2, 0.25) is 0 Å². The predicted molar refractivity (Wildman–Crippen MR) is 123 cm³/mol. The Balaban J connectivity index is 1.48. The summed E-state index contributed by atoms with van der Waals surface area (Å²) in [6, 6.07) is 14.7. The van der Waals surface area contributed by atoms with Crippen molar-refractivity contribution < 1.29 is 19.2 Å². The van der Waals surface area contributed by atoms with E-state index in [1.165, 1.54) is 29.1 Å². The number of hydrogen-bond acceptors (Lipinski definition) is 8. The highest BCUT2D eigenvalue weighted by atomic mass is 16.6. The summed E-state index contributed by atoms with van der Waals surface area (Å²) in [5.41, 5.74) is 2.31. The Labute approximate surface area is 194 Å². The van der Waals surface area contributed by atoms with Gasteiger partial charge in [0.15, 0.2) is 17.2 Å². The molecule has 0 bridgehead atoms. The Kier molecular flexibility index (Phi) is 6.17. The number of amides is 1. The lowest BCUT2D eigenvalue weighted by Crippen LogP contribution is -2.14. The van der Waals surface area contributed by atoms with Crippen molar-refractivity contribution in [2.75, 3.05) is 12.4 Å². The van der Waals surface area contributed by atoms with E-state index in [0.29, 0.717) is 34.4 Å². The smallest absolute Gasteiger partial charge is 0.278 e. The summed E-state index contributed by atoms with van der Waals surface area (Å²) in [5, 5.41) is 21.6. The maximum absolute atomic E-state index is 12.7. The van der Waals surface area contributed by atoms with Crippen LogP contribution in [0.5, 0.6) is 17.4 Å². The molecule has 0 unspecified atom stereocenters. The third-order valence-corrected chi connectivity index (χ3v) is 4.92. The Morgan fingerprint density at radius 1 is 1.09 bits per heavy atom. The summed E-state index contributed by atoms with van der Waals surface area (Å²) >= 11 is 0. The predicted octanol–water partition coefficient (Wildman–Crippen LogP) is 4.24. The van der Waals surface area contributed by atoms with E-state index in [9.17, 15) is 14.9 Å². The van der Waals surface area contributed by atoms with Crippen molar-refractivity contribution in [2.45, 2.75) is 13.8 Å². The molecule has 2 aromatic carbocycles. The number of pyridine rings is 1. The second-order valence-electron chi connectivity index (χ2n) is 7.31. The van der Waals surface area contributed by atoms with Gasteiger partial charge >= 0.3 is 0 Å². The van der Waals surface area contributed by atoms with E-state index in [0.717, 1.165) is 5.56 Å². The summed E-state index contributed by atoms with van der Waals surface area (Å²) in [6.45, 7) is 3.60. The zero-order chi connectivity index (χ0) is 24.2. The zero-order valence-corrected chi connectivity index (χ0v) is 18.6. The summed E-state index contributed by atoms with van der Waals surface area (Å²) in [6.07, 6.45) is 1.45. The molecule has 0 radical (unpaired) electrons. The molecule has 4 rings (SSSR count). The minimum absolute atomic E-state index is 0.0798. The molecule has 2 aromatic heterocycles. The number of nitro groups is 1. The monoisotopic (exact) mass is 460 g/mol. The summed E-state index contributed by atoms with van der Waals surface area (Å²) in [7, 11) is 1.56. The van der Waals surface area contributed by atoms with Gasteiger partial charge in [-0.1, -0.05) is 17.3 Å². The van der Waals surface area contributed by atoms with Gasteiger partial charge in [0.1, 0.15) is 0 Å². The van der Waals surface area contributed by atoms with Crippen molar-refractivity contribution >= 4 is 17.3 Å². The first kappa shape index (κ1) is 22.4. The molecule has 0 fully saturated rings. The van der Waals surface area contributed by atoms with E-state index in [4.69, 9.17) is 9.47 Å². The molecule has 0 aliphatic carbocycles. The number of carbonyl (C=O) groups excluding carboxylic acids is 1. The van der Waals surface area contributed by atoms with E-state index in [1.54, 1.807) is 38.3 Å². The van der Waals surface area contributed by atoms with E-state index in [2.05, 4.69) is 20.6 Å². The van der Waals surface area contributed by atoms with Crippen molar-refractivity contribution in [3.05, 3.63) is 87.9 Å². The second kappa shape index (κ2) is 9.36. The van der Waals surface area contributed by atoms with Crippen molar-refractivity contribution in [1.82, 2.24) is 20.0 Å². The number of anilines is 1. The number of aromatic nitrogens is 4. The average molecular weight is 460 g/mol. The van der Waals surface area contributed by atoms with Crippen molar-refractivity contribution in [3.8, 4) is 23.1 Å². The molecule has 1 amide bonds. The highest BCUT2D eigenvalue weighted by Gasteiger charge is 2.19. The van der Waals surface area contributed by atoms with E-state index in [-0.39, 0.29) is 11.4 Å². The molecule has 0 saturated heterocycles. The maximum Gasteiger partial charge on any atom is 0.278 e. The summed E-state index contributed by atoms with van der Waals surface area (Å²) < 4.78 is 12.5. The lowest BCUT2D eigenvalue weighted by Gasteiger charge is -2.10. The van der Waals surface area contributed by atoms with Crippen LogP contribution in [0, 0.1) is 24.0 Å². The van der Waals surface area contributed by atoms with Crippen LogP contribution >= 0.6 is 0 Å². The van der Waals surface area contributed by atoms with Crippen LogP contribution in [0.3, 0.4) is 0 Å². The highest BCUT2D eigenvalue weighted by Crippen LogP contribution is 2.31. The number of methoxy groups -OCH3 is 1. The lowest BCUT2D eigenvalue weighted by molar-refractivity contribution is -0.384. The van der Waals surface area contributed by atoms with Crippen LogP contribution in [-0.2, 0) is 0 Å². The van der Waals surface area contributed by atoms with Crippen LogP contribution in [0.4, 0.5) is 11.4 Å². The molecule has 2 heterocycles. The Bertz CT molecular complexity index is 1370. The molecule has 0 spiro atoms. The Morgan fingerprint density at radius 3 is 2.62 bits per heavy atom. The van der Waals surface area contributed by atoms with E-state index < -0.39 is 10.8 Å². The SMILES string of the molecule is COc1cc(C)ccc1Oc1ccc(NC(=O)c2nnn(-c3cccc([N+](=O)[O-])c3)c2C)cn1. The Hall–Kier alpha value is -4.80. The van der Waals surface area contributed by atoms with Gasteiger partial charge in [-0.05, 0) is 43.7 Å². The molecule has 1 N–H and O–H groups in total. The minimum atomic E-state index is -0.501. The Morgan fingerprint density at radius 2 is 1.91 bits per heavy atom. The molecule has 0 aliphatic heterocycles. The van der Waals surface area contributed by atoms with Crippen molar-refractivity contribution in [2.24, 2.45) is 0 Å². The summed E-state index contributed by atoms with van der Waals surface area (Å²) in [4.78, 5) is 27.5. The van der Waals surface area contributed by atoms with Crippen molar-refractivity contribution in [3.63, 3.8) is 0 Å². The molecular formula is C23H20N6O5. The number of carbonyl (C=O) groups is 1. The van der Waals surface area contributed by atoms with Gasteiger partial charge in [-0.15, -0.1) is 5.10 Å². The molecule has 11 heteroatoms. The van der Waals surface area contributed by atoms with Gasteiger partial charge < -0.3 is 14.8 Å². The fraction of sp³-hybridized carbons (Fsp3) is 0.130. The van der Waals surface area contributed by atoms with Gasteiger partial charge in [0, 0.05) is 18.2 Å². The van der Waals surface area contributed by atoms with Gasteiger partial charge in [0.05, 0.1) is 35.3 Å². The molecular weight excluding hydrogens is 440 g/mol. The third kappa shape index (κ3) is 4.67. The van der Waals surface area contributed by atoms with E-state index >= 15 is 0 Å². The third-order valence-electron chi connectivity index (χ3n) is 4.92. The van der Waals surface area contributed by atoms with Crippen LogP contribution in [0.15, 0.2) is 60.8 Å². The number of nitrogens with zero attached hydrogens (tertiary/aromatic N) is 5. The van der Waals surface area contributed by atoms with Gasteiger partial charge in [-0.3, -0.25) is 14.9 Å². The fourth-order valence-electron chi connectivity index (χ4n) is 3.20. The maximum atomic E-state index is 12.7. The first-order valence-corrected chi connectivity index (χ1v) is 10.1. The normalized spacial score (nSPS) is 10.6. The zero-order valence-electron chi connectivity index (χ0n) is 18.6. The fourth-order valence-corrected chi connectivity index (χ4v) is 3.20. The van der Waals surface area contributed by atoms with Gasteiger partial charge in [-0.2, -0.15) is 0 Å². The molecule has 0 aliphatic rings. The number of nitrogens with one attached hydrogen (secondary N) is 1. The molecule has 0 atom stereocenters. The van der Waals surface area contributed by atoms with E-state index in [1.807, 2.05) is 19.1 Å². The number of hydrogen-bond donors (Lipinski definition) is 1. The van der Waals surface area contributed by atoms with Gasteiger partial charge in [-0.25, -0.2) is 9.67 Å².